The number of rotatable bonds is 4. The van der Waals surface area contributed by atoms with Crippen LogP contribution in [0.1, 0.15) is 30.5 Å². The largest absolute Gasteiger partial charge is 0.374 e. The van der Waals surface area contributed by atoms with Crippen LogP contribution in [0.15, 0.2) is 18.2 Å². The van der Waals surface area contributed by atoms with Gasteiger partial charge in [0.25, 0.3) is 0 Å². The van der Waals surface area contributed by atoms with Crippen LogP contribution in [0, 0.1) is 6.92 Å². The fourth-order valence-corrected chi connectivity index (χ4v) is 1.30. The molecule has 1 rings (SSSR count). The van der Waals surface area contributed by atoms with Crippen molar-refractivity contribution in [1.29, 1.82) is 0 Å². The molecule has 2 nitrogen and oxygen atoms in total. The van der Waals surface area contributed by atoms with E-state index in [0.29, 0.717) is 13.2 Å². The van der Waals surface area contributed by atoms with Crippen molar-refractivity contribution in [2.75, 3.05) is 0 Å². The summed E-state index contributed by atoms with van der Waals surface area (Å²) >= 11 is 0. The van der Waals surface area contributed by atoms with Crippen molar-refractivity contribution in [3.05, 3.63) is 34.9 Å². The smallest absolute Gasteiger partial charge is 0.0722 e. The predicted octanol–water partition coefficient (Wildman–Crippen LogP) is 2.38. The lowest BCUT2D eigenvalue weighted by Gasteiger charge is -2.10. The highest BCUT2D eigenvalue weighted by molar-refractivity contribution is 5.30. The Morgan fingerprint density at radius 2 is 2.07 bits per heavy atom. The van der Waals surface area contributed by atoms with Crippen LogP contribution in [0.3, 0.4) is 0 Å². The predicted molar refractivity (Wildman–Crippen MR) is 59.0 cm³/mol. The zero-order valence-corrected chi connectivity index (χ0v) is 9.21. The molecule has 14 heavy (non-hydrogen) atoms. The average Bonchev–Trinajstić information content (AvgIpc) is 2.15. The molecule has 1 aromatic carbocycles. The summed E-state index contributed by atoms with van der Waals surface area (Å²) in [6.45, 7) is 7.48. The topological polar surface area (TPSA) is 35.2 Å². The van der Waals surface area contributed by atoms with Crippen LogP contribution < -0.4 is 5.73 Å². The molecule has 0 bridgehead atoms. The lowest BCUT2D eigenvalue weighted by atomic mass is 10.1. The fourth-order valence-electron chi connectivity index (χ4n) is 1.30. The van der Waals surface area contributed by atoms with E-state index in [1.54, 1.807) is 0 Å². The van der Waals surface area contributed by atoms with E-state index in [1.807, 2.05) is 13.8 Å². The Kier molecular flexibility index (Phi) is 4.11. The molecule has 0 amide bonds. The molecule has 0 aliphatic heterocycles. The van der Waals surface area contributed by atoms with Crippen molar-refractivity contribution >= 4 is 0 Å². The molecule has 0 aliphatic rings. The van der Waals surface area contributed by atoms with E-state index in [9.17, 15) is 0 Å². The van der Waals surface area contributed by atoms with Crippen molar-refractivity contribution < 1.29 is 4.74 Å². The second-order valence-corrected chi connectivity index (χ2v) is 3.82. The molecule has 2 heteroatoms. The zero-order valence-electron chi connectivity index (χ0n) is 9.21. The molecule has 1 aromatic rings. The monoisotopic (exact) mass is 193 g/mol. The van der Waals surface area contributed by atoms with Gasteiger partial charge in [-0.15, -0.1) is 0 Å². The molecule has 0 saturated carbocycles. The van der Waals surface area contributed by atoms with Crippen molar-refractivity contribution in [3.8, 4) is 0 Å². The van der Waals surface area contributed by atoms with E-state index in [2.05, 4.69) is 25.1 Å². The molecule has 0 atom stereocenters. The van der Waals surface area contributed by atoms with Gasteiger partial charge in [0.1, 0.15) is 0 Å². The normalized spacial score (nSPS) is 10.9. The molecule has 78 valence electrons. The van der Waals surface area contributed by atoms with Crippen LogP contribution in [-0.2, 0) is 17.9 Å². The SMILES string of the molecule is Cc1cc(CN)ccc1COC(C)C. The Hall–Kier alpha value is -0.860. The first-order chi connectivity index (χ1) is 6.63. The standard InChI is InChI=1S/C12H19NO/c1-9(2)14-8-12-5-4-11(7-13)6-10(12)3/h4-6,9H,7-8,13H2,1-3H3. The number of hydrogen-bond donors (Lipinski definition) is 1. The van der Waals surface area contributed by atoms with Crippen LogP contribution in [0.5, 0.6) is 0 Å². The highest BCUT2D eigenvalue weighted by Crippen LogP contribution is 2.12. The Morgan fingerprint density at radius 1 is 1.36 bits per heavy atom. The van der Waals surface area contributed by atoms with E-state index in [-0.39, 0.29) is 6.10 Å². The maximum Gasteiger partial charge on any atom is 0.0722 e. The van der Waals surface area contributed by atoms with Gasteiger partial charge in [-0.3, -0.25) is 0 Å². The van der Waals surface area contributed by atoms with Gasteiger partial charge >= 0.3 is 0 Å². The van der Waals surface area contributed by atoms with Gasteiger partial charge in [0.15, 0.2) is 0 Å². The van der Waals surface area contributed by atoms with Gasteiger partial charge < -0.3 is 10.5 Å². The first-order valence-corrected chi connectivity index (χ1v) is 5.03. The molecule has 0 aliphatic carbocycles. The van der Waals surface area contributed by atoms with E-state index >= 15 is 0 Å². The first kappa shape index (κ1) is 11.2. The number of benzene rings is 1. The maximum absolute atomic E-state index is 5.56. The molecule has 0 fully saturated rings. The van der Waals surface area contributed by atoms with Crippen LogP contribution in [0.4, 0.5) is 0 Å². The highest BCUT2D eigenvalue weighted by atomic mass is 16.5. The minimum atomic E-state index is 0.281. The third-order valence-corrected chi connectivity index (χ3v) is 2.21. The summed E-state index contributed by atoms with van der Waals surface area (Å²) in [7, 11) is 0. The van der Waals surface area contributed by atoms with Crippen LogP contribution in [0.25, 0.3) is 0 Å². The van der Waals surface area contributed by atoms with Gasteiger partial charge in [-0.2, -0.15) is 0 Å². The van der Waals surface area contributed by atoms with Crippen LogP contribution in [0.2, 0.25) is 0 Å². The summed E-state index contributed by atoms with van der Waals surface area (Å²) in [6.07, 6.45) is 0.281. The third-order valence-electron chi connectivity index (χ3n) is 2.21. The Morgan fingerprint density at radius 3 is 2.57 bits per heavy atom. The summed E-state index contributed by atoms with van der Waals surface area (Å²) in [5.41, 5.74) is 9.24. The molecule has 0 spiro atoms. The summed E-state index contributed by atoms with van der Waals surface area (Å²) < 4.78 is 5.55. The fraction of sp³-hybridized carbons (Fsp3) is 0.500. The summed E-state index contributed by atoms with van der Waals surface area (Å²) in [5, 5.41) is 0. The average molecular weight is 193 g/mol. The molecule has 0 radical (unpaired) electrons. The van der Waals surface area contributed by atoms with Gasteiger partial charge in [-0.1, -0.05) is 18.2 Å². The number of aryl methyl sites for hydroxylation is 1. The molecular weight excluding hydrogens is 174 g/mol. The summed E-state index contributed by atoms with van der Waals surface area (Å²) in [4.78, 5) is 0. The molecule has 2 N–H and O–H groups in total. The second-order valence-electron chi connectivity index (χ2n) is 3.82. The molecular formula is C12H19NO. The molecule has 0 heterocycles. The Balaban J connectivity index is 2.69. The van der Waals surface area contributed by atoms with Crippen LogP contribution >= 0.6 is 0 Å². The Bertz CT molecular complexity index is 294. The van der Waals surface area contributed by atoms with E-state index in [1.165, 1.54) is 16.7 Å². The zero-order chi connectivity index (χ0) is 10.6. The molecule has 0 saturated heterocycles. The van der Waals surface area contributed by atoms with Crippen molar-refractivity contribution in [3.63, 3.8) is 0 Å². The van der Waals surface area contributed by atoms with Crippen molar-refractivity contribution in [2.45, 2.75) is 40.0 Å². The number of hydrogen-bond acceptors (Lipinski definition) is 2. The highest BCUT2D eigenvalue weighted by Gasteiger charge is 2.01. The summed E-state index contributed by atoms with van der Waals surface area (Å²) in [6, 6.07) is 6.28. The summed E-state index contributed by atoms with van der Waals surface area (Å²) in [5.74, 6) is 0. The van der Waals surface area contributed by atoms with Gasteiger partial charge in [-0.05, 0) is 37.5 Å². The van der Waals surface area contributed by atoms with Crippen molar-refractivity contribution in [2.24, 2.45) is 5.73 Å². The maximum atomic E-state index is 5.56. The van der Waals surface area contributed by atoms with Gasteiger partial charge in [-0.25, -0.2) is 0 Å². The first-order valence-electron chi connectivity index (χ1n) is 5.03. The lowest BCUT2D eigenvalue weighted by molar-refractivity contribution is 0.0654. The Labute approximate surface area is 86.1 Å². The van der Waals surface area contributed by atoms with Crippen LogP contribution in [-0.4, -0.2) is 6.10 Å². The van der Waals surface area contributed by atoms with E-state index in [0.717, 1.165) is 0 Å². The van der Waals surface area contributed by atoms with Crippen molar-refractivity contribution in [1.82, 2.24) is 0 Å². The minimum absolute atomic E-state index is 0.281. The minimum Gasteiger partial charge on any atom is -0.374 e. The second kappa shape index (κ2) is 5.13. The molecule has 0 unspecified atom stereocenters. The third kappa shape index (κ3) is 3.13. The quantitative estimate of drug-likeness (QED) is 0.796. The van der Waals surface area contributed by atoms with Gasteiger partial charge in [0.2, 0.25) is 0 Å². The lowest BCUT2D eigenvalue weighted by Crippen LogP contribution is -2.04. The number of ether oxygens (including phenoxy) is 1. The van der Waals surface area contributed by atoms with Gasteiger partial charge in [0, 0.05) is 6.54 Å². The molecule has 0 aromatic heterocycles. The van der Waals surface area contributed by atoms with Gasteiger partial charge in [0.05, 0.1) is 12.7 Å². The number of nitrogens with two attached hydrogens (primary N) is 1. The van der Waals surface area contributed by atoms with E-state index in [4.69, 9.17) is 10.5 Å². The van der Waals surface area contributed by atoms with E-state index < -0.39 is 0 Å².